The highest BCUT2D eigenvalue weighted by atomic mass is 79.9. The Labute approximate surface area is 111 Å². The molecule has 0 amide bonds. The lowest BCUT2D eigenvalue weighted by Crippen LogP contribution is -2.33. The van der Waals surface area contributed by atoms with Gasteiger partial charge in [-0.15, -0.1) is 0 Å². The van der Waals surface area contributed by atoms with E-state index < -0.39 is 0 Å². The minimum absolute atomic E-state index is 0.213. The summed E-state index contributed by atoms with van der Waals surface area (Å²) in [7, 11) is 0. The van der Waals surface area contributed by atoms with E-state index in [4.69, 9.17) is 5.73 Å². The van der Waals surface area contributed by atoms with Crippen molar-refractivity contribution in [3.05, 3.63) is 28.0 Å². The standard InChI is InChI=1S/C13H20BrFN2/c1-4-9(3)17(5-2)11-7-6-10(8-16)12(14)13(11)15/h6-7,9H,4-5,8,16H2,1-3H3. The molecule has 0 fully saturated rings. The third kappa shape index (κ3) is 2.99. The lowest BCUT2D eigenvalue weighted by Gasteiger charge is -2.30. The van der Waals surface area contributed by atoms with Gasteiger partial charge in [0.25, 0.3) is 0 Å². The van der Waals surface area contributed by atoms with E-state index in [0.29, 0.717) is 22.7 Å². The van der Waals surface area contributed by atoms with E-state index in [1.54, 1.807) is 0 Å². The van der Waals surface area contributed by atoms with Gasteiger partial charge in [0.15, 0.2) is 5.82 Å². The number of nitrogens with zero attached hydrogens (tertiary/aromatic N) is 1. The van der Waals surface area contributed by atoms with E-state index in [1.165, 1.54) is 0 Å². The SMILES string of the molecule is CCC(C)N(CC)c1ccc(CN)c(Br)c1F. The Morgan fingerprint density at radius 1 is 1.41 bits per heavy atom. The summed E-state index contributed by atoms with van der Waals surface area (Å²) in [4.78, 5) is 2.07. The van der Waals surface area contributed by atoms with Gasteiger partial charge in [-0.25, -0.2) is 4.39 Å². The number of benzene rings is 1. The minimum Gasteiger partial charge on any atom is -0.367 e. The van der Waals surface area contributed by atoms with Crippen molar-refractivity contribution in [1.29, 1.82) is 0 Å². The number of rotatable bonds is 5. The average molecular weight is 303 g/mol. The van der Waals surface area contributed by atoms with Gasteiger partial charge >= 0.3 is 0 Å². The lowest BCUT2D eigenvalue weighted by molar-refractivity contribution is 0.578. The average Bonchev–Trinajstić information content (AvgIpc) is 2.35. The van der Waals surface area contributed by atoms with Crippen molar-refractivity contribution in [2.45, 2.75) is 39.8 Å². The Morgan fingerprint density at radius 3 is 2.53 bits per heavy atom. The molecule has 0 aliphatic rings. The topological polar surface area (TPSA) is 29.3 Å². The number of hydrogen-bond acceptors (Lipinski definition) is 2. The van der Waals surface area contributed by atoms with E-state index in [-0.39, 0.29) is 5.82 Å². The highest BCUT2D eigenvalue weighted by Crippen LogP contribution is 2.30. The first-order valence-electron chi connectivity index (χ1n) is 6.00. The van der Waals surface area contributed by atoms with Crippen LogP contribution in [-0.2, 0) is 6.54 Å². The smallest absolute Gasteiger partial charge is 0.160 e. The second-order valence-corrected chi connectivity index (χ2v) is 4.91. The summed E-state index contributed by atoms with van der Waals surface area (Å²) in [5.41, 5.74) is 7.00. The van der Waals surface area contributed by atoms with Gasteiger partial charge in [0.1, 0.15) is 0 Å². The molecule has 1 aromatic carbocycles. The Bertz CT molecular complexity index is 382. The summed E-state index contributed by atoms with van der Waals surface area (Å²) < 4.78 is 14.7. The van der Waals surface area contributed by atoms with Crippen LogP contribution in [0.25, 0.3) is 0 Å². The zero-order chi connectivity index (χ0) is 13.0. The zero-order valence-electron chi connectivity index (χ0n) is 10.6. The minimum atomic E-state index is -0.213. The van der Waals surface area contributed by atoms with Crippen LogP contribution in [0.2, 0.25) is 0 Å². The molecule has 1 unspecified atom stereocenters. The van der Waals surface area contributed by atoms with Crippen LogP contribution in [0.15, 0.2) is 16.6 Å². The summed E-state index contributed by atoms with van der Waals surface area (Å²) in [6.45, 7) is 7.38. The van der Waals surface area contributed by atoms with Gasteiger partial charge in [0.2, 0.25) is 0 Å². The predicted octanol–water partition coefficient (Wildman–Crippen LogP) is 3.67. The summed E-state index contributed by atoms with van der Waals surface area (Å²) in [6, 6.07) is 4.02. The first-order valence-corrected chi connectivity index (χ1v) is 6.79. The second-order valence-electron chi connectivity index (χ2n) is 4.12. The van der Waals surface area contributed by atoms with Crippen LogP contribution >= 0.6 is 15.9 Å². The van der Waals surface area contributed by atoms with Gasteiger partial charge in [0.05, 0.1) is 10.2 Å². The van der Waals surface area contributed by atoms with Gasteiger partial charge in [0, 0.05) is 19.1 Å². The van der Waals surface area contributed by atoms with Crippen LogP contribution in [0.3, 0.4) is 0 Å². The third-order valence-electron chi connectivity index (χ3n) is 3.13. The third-order valence-corrected chi connectivity index (χ3v) is 3.99. The van der Waals surface area contributed by atoms with Gasteiger partial charge in [-0.05, 0) is 47.8 Å². The summed E-state index contributed by atoms with van der Waals surface area (Å²) in [6.07, 6.45) is 0.990. The fourth-order valence-corrected chi connectivity index (χ4v) is 2.40. The fourth-order valence-electron chi connectivity index (χ4n) is 1.90. The zero-order valence-corrected chi connectivity index (χ0v) is 12.2. The van der Waals surface area contributed by atoms with Gasteiger partial charge in [-0.2, -0.15) is 0 Å². The van der Waals surface area contributed by atoms with Crippen LogP contribution < -0.4 is 10.6 Å². The molecule has 0 heterocycles. The normalized spacial score (nSPS) is 12.6. The van der Waals surface area contributed by atoms with Crippen molar-refractivity contribution in [3.8, 4) is 0 Å². The highest BCUT2D eigenvalue weighted by Gasteiger charge is 2.18. The molecule has 0 radical (unpaired) electrons. The van der Waals surface area contributed by atoms with Gasteiger partial charge in [-0.3, -0.25) is 0 Å². The molecule has 0 spiro atoms. The molecule has 1 rings (SSSR count). The van der Waals surface area contributed by atoms with Crippen LogP contribution in [-0.4, -0.2) is 12.6 Å². The predicted molar refractivity (Wildman–Crippen MR) is 74.8 cm³/mol. The molecule has 0 aliphatic heterocycles. The highest BCUT2D eigenvalue weighted by molar-refractivity contribution is 9.10. The van der Waals surface area contributed by atoms with Crippen molar-refractivity contribution < 1.29 is 4.39 Å². The molecule has 0 bridgehead atoms. The lowest BCUT2D eigenvalue weighted by atomic mass is 10.1. The fraction of sp³-hybridized carbons (Fsp3) is 0.538. The monoisotopic (exact) mass is 302 g/mol. The van der Waals surface area contributed by atoms with Crippen LogP contribution in [0.1, 0.15) is 32.8 Å². The molecule has 2 nitrogen and oxygen atoms in total. The van der Waals surface area contributed by atoms with Crippen molar-refractivity contribution in [1.82, 2.24) is 0 Å². The van der Waals surface area contributed by atoms with E-state index >= 15 is 0 Å². The molecule has 17 heavy (non-hydrogen) atoms. The maximum atomic E-state index is 14.2. The number of nitrogens with two attached hydrogens (primary N) is 1. The molecule has 96 valence electrons. The maximum Gasteiger partial charge on any atom is 0.160 e. The van der Waals surface area contributed by atoms with Crippen molar-refractivity contribution in [2.24, 2.45) is 5.73 Å². The number of anilines is 1. The van der Waals surface area contributed by atoms with E-state index in [9.17, 15) is 4.39 Å². The van der Waals surface area contributed by atoms with Crippen molar-refractivity contribution in [2.75, 3.05) is 11.4 Å². The quantitative estimate of drug-likeness (QED) is 0.899. The molecule has 4 heteroatoms. The van der Waals surface area contributed by atoms with Crippen molar-refractivity contribution in [3.63, 3.8) is 0 Å². The molecule has 0 aliphatic carbocycles. The van der Waals surface area contributed by atoms with Gasteiger partial charge < -0.3 is 10.6 Å². The second kappa shape index (κ2) is 6.36. The molecule has 0 aromatic heterocycles. The summed E-state index contributed by atoms with van der Waals surface area (Å²) in [5.74, 6) is -0.213. The first kappa shape index (κ1) is 14.5. The number of hydrogen-bond donors (Lipinski definition) is 1. The Morgan fingerprint density at radius 2 is 2.06 bits per heavy atom. The Kier molecular flexibility index (Phi) is 5.40. The molecule has 0 saturated carbocycles. The molecule has 1 atom stereocenters. The van der Waals surface area contributed by atoms with Crippen LogP contribution in [0.5, 0.6) is 0 Å². The largest absolute Gasteiger partial charge is 0.367 e. The van der Waals surface area contributed by atoms with E-state index in [2.05, 4.69) is 34.7 Å². The van der Waals surface area contributed by atoms with E-state index in [0.717, 1.165) is 18.5 Å². The summed E-state index contributed by atoms with van der Waals surface area (Å²) >= 11 is 3.28. The molecule has 1 aromatic rings. The number of halogens is 2. The maximum absolute atomic E-state index is 14.2. The summed E-state index contributed by atoms with van der Waals surface area (Å²) in [5, 5.41) is 0. The van der Waals surface area contributed by atoms with Crippen LogP contribution in [0.4, 0.5) is 10.1 Å². The Hall–Kier alpha value is -0.610. The molecular formula is C13H20BrFN2. The molecule has 0 saturated heterocycles. The molecule has 2 N–H and O–H groups in total. The van der Waals surface area contributed by atoms with Crippen LogP contribution in [0, 0.1) is 5.82 Å². The van der Waals surface area contributed by atoms with E-state index in [1.807, 2.05) is 19.1 Å². The Balaban J connectivity index is 3.17. The molecular weight excluding hydrogens is 283 g/mol. The first-order chi connectivity index (χ1) is 8.06. The van der Waals surface area contributed by atoms with Crippen molar-refractivity contribution >= 4 is 21.6 Å². The van der Waals surface area contributed by atoms with Gasteiger partial charge in [-0.1, -0.05) is 13.0 Å².